The summed E-state index contributed by atoms with van der Waals surface area (Å²) in [6, 6.07) is 25.7. The number of rotatable bonds is 4. The lowest BCUT2D eigenvalue weighted by Gasteiger charge is -2.31. The number of nitrogens with zero attached hydrogens (tertiary/aromatic N) is 1. The van der Waals surface area contributed by atoms with E-state index in [0.717, 1.165) is 33.4 Å². The minimum Gasteiger partial charge on any atom is -0.353 e. The molecule has 1 aromatic heterocycles. The highest BCUT2D eigenvalue weighted by Crippen LogP contribution is 2.41. The van der Waals surface area contributed by atoms with Crippen molar-refractivity contribution in [3.8, 4) is 11.3 Å². The van der Waals surface area contributed by atoms with Crippen LogP contribution in [0.5, 0.6) is 0 Å². The molecule has 0 aliphatic heterocycles. The zero-order valence-corrected chi connectivity index (χ0v) is 24.0. The van der Waals surface area contributed by atoms with Crippen LogP contribution < -0.4 is 4.90 Å². The van der Waals surface area contributed by atoms with Crippen LogP contribution in [0.2, 0.25) is 0 Å². The first-order valence-electron chi connectivity index (χ1n) is 13.3. The van der Waals surface area contributed by atoms with E-state index in [1.807, 2.05) is 37.8 Å². The van der Waals surface area contributed by atoms with Crippen LogP contribution in [0.3, 0.4) is 0 Å². The van der Waals surface area contributed by atoms with Crippen molar-refractivity contribution < 1.29 is 4.79 Å². The summed E-state index contributed by atoms with van der Waals surface area (Å²) < 4.78 is 0. The van der Waals surface area contributed by atoms with Crippen molar-refractivity contribution in [2.75, 3.05) is 4.90 Å². The Morgan fingerprint density at radius 1 is 0.703 bits per heavy atom. The molecule has 194 valence electrons. The highest BCUT2D eigenvalue weighted by molar-refractivity contribution is 6.10. The van der Waals surface area contributed by atoms with Gasteiger partial charge in [0.2, 0.25) is 5.91 Å². The van der Waals surface area contributed by atoms with Gasteiger partial charge in [-0.15, -0.1) is 0 Å². The third-order valence-corrected chi connectivity index (χ3v) is 7.04. The van der Waals surface area contributed by atoms with Gasteiger partial charge in [-0.05, 0) is 33.6 Å². The summed E-state index contributed by atoms with van der Waals surface area (Å²) in [6.07, 6.45) is 0. The summed E-state index contributed by atoms with van der Waals surface area (Å²) in [6.45, 7) is 19.9. The molecule has 0 bridgehead atoms. The first-order chi connectivity index (χ1) is 17.2. The number of hydrogen-bond donors (Lipinski definition) is 1. The number of nitrogens with one attached hydrogen (secondary N) is 1. The molecule has 3 heteroatoms. The maximum atomic E-state index is 14.0. The van der Waals surface area contributed by atoms with E-state index in [-0.39, 0.29) is 16.7 Å². The Balaban J connectivity index is 1.87. The number of aromatic nitrogens is 1. The maximum Gasteiger partial charge on any atom is 0.232 e. The van der Waals surface area contributed by atoms with Gasteiger partial charge in [0.15, 0.2) is 0 Å². The van der Waals surface area contributed by atoms with Crippen LogP contribution in [-0.4, -0.2) is 10.9 Å². The molecule has 0 saturated heterocycles. The number of hydrogen-bond acceptors (Lipinski definition) is 1. The topological polar surface area (TPSA) is 36.1 Å². The van der Waals surface area contributed by atoms with E-state index in [0.29, 0.717) is 6.54 Å². The zero-order valence-electron chi connectivity index (χ0n) is 24.0. The van der Waals surface area contributed by atoms with Gasteiger partial charge in [0.1, 0.15) is 0 Å². The second-order valence-corrected chi connectivity index (χ2v) is 13.3. The summed E-state index contributed by atoms with van der Waals surface area (Å²) in [5.74, 6) is 0.102. The number of H-pyrrole nitrogens is 1. The predicted octanol–water partition coefficient (Wildman–Crippen LogP) is 9.01. The molecule has 37 heavy (non-hydrogen) atoms. The minimum atomic E-state index is -0.531. The SMILES string of the molecule is CC(C)(C)C(=O)N(Cc1ccc(C(C)(C)C)cc1)c1c(-c2ccc(C(C)(C)C)cc2)[nH]c2ccccc12. The fraction of sp³-hybridized carbons (Fsp3) is 0.382. The van der Waals surface area contributed by atoms with Crippen molar-refractivity contribution in [1.29, 1.82) is 0 Å². The Bertz CT molecular complexity index is 1390. The van der Waals surface area contributed by atoms with Crippen molar-refractivity contribution in [2.45, 2.75) is 79.7 Å². The molecule has 0 unspecified atom stereocenters. The van der Waals surface area contributed by atoms with Gasteiger partial charge >= 0.3 is 0 Å². The van der Waals surface area contributed by atoms with Gasteiger partial charge in [-0.2, -0.15) is 0 Å². The number of aromatic amines is 1. The van der Waals surface area contributed by atoms with Crippen molar-refractivity contribution in [3.05, 3.63) is 89.5 Å². The van der Waals surface area contributed by atoms with Gasteiger partial charge < -0.3 is 9.88 Å². The quantitative estimate of drug-likeness (QED) is 0.302. The number of fused-ring (bicyclic) bond motifs is 1. The molecule has 0 radical (unpaired) electrons. The molecule has 1 amide bonds. The van der Waals surface area contributed by atoms with Crippen LogP contribution in [0.25, 0.3) is 22.2 Å². The van der Waals surface area contributed by atoms with Gasteiger partial charge in [0, 0.05) is 21.9 Å². The van der Waals surface area contributed by atoms with E-state index < -0.39 is 5.41 Å². The number of benzene rings is 3. The molecule has 3 aromatic carbocycles. The standard InChI is InChI=1S/C34H42N2O/c1-32(2,3)25-18-14-23(15-19-25)22-36(31(37)34(7,8)9)30-27-12-10-11-13-28(27)35-29(30)24-16-20-26(21-17-24)33(4,5)6/h10-21,35H,22H2,1-9H3. The molecule has 0 aliphatic carbocycles. The first-order valence-corrected chi connectivity index (χ1v) is 13.3. The van der Waals surface area contributed by atoms with E-state index in [9.17, 15) is 4.79 Å². The summed E-state index contributed by atoms with van der Waals surface area (Å²) in [7, 11) is 0. The number of carbonyl (C=O) groups is 1. The molecule has 0 saturated carbocycles. The average molecular weight is 495 g/mol. The normalized spacial score (nSPS) is 12.7. The molecule has 1 heterocycles. The van der Waals surface area contributed by atoms with Crippen LogP contribution in [0.4, 0.5) is 5.69 Å². The Labute approximate surface area is 222 Å². The van der Waals surface area contributed by atoms with Crippen molar-refractivity contribution >= 4 is 22.5 Å². The molecule has 4 rings (SSSR count). The van der Waals surface area contributed by atoms with Gasteiger partial charge in [0.05, 0.1) is 17.9 Å². The molecule has 0 fully saturated rings. The van der Waals surface area contributed by atoms with Crippen molar-refractivity contribution in [3.63, 3.8) is 0 Å². The average Bonchev–Trinajstić information content (AvgIpc) is 3.20. The lowest BCUT2D eigenvalue weighted by Crippen LogP contribution is -2.39. The van der Waals surface area contributed by atoms with Gasteiger partial charge in [-0.3, -0.25) is 4.79 Å². The molecular formula is C34H42N2O. The van der Waals surface area contributed by atoms with Crippen LogP contribution in [0, 0.1) is 5.41 Å². The first kappa shape index (κ1) is 26.7. The maximum absolute atomic E-state index is 14.0. The number of carbonyl (C=O) groups excluding carboxylic acids is 1. The van der Waals surface area contributed by atoms with Crippen LogP contribution in [-0.2, 0) is 22.2 Å². The van der Waals surface area contributed by atoms with Crippen LogP contribution >= 0.6 is 0 Å². The molecule has 0 atom stereocenters. The largest absolute Gasteiger partial charge is 0.353 e. The molecule has 1 N–H and O–H groups in total. The highest BCUT2D eigenvalue weighted by Gasteiger charge is 2.32. The number of amides is 1. The minimum absolute atomic E-state index is 0.0786. The molecule has 3 nitrogen and oxygen atoms in total. The number of anilines is 1. The van der Waals surface area contributed by atoms with E-state index in [1.54, 1.807) is 0 Å². The van der Waals surface area contributed by atoms with Gasteiger partial charge in [-0.1, -0.05) is 129 Å². The van der Waals surface area contributed by atoms with E-state index >= 15 is 0 Å². The van der Waals surface area contributed by atoms with Crippen molar-refractivity contribution in [2.24, 2.45) is 5.41 Å². The monoisotopic (exact) mass is 494 g/mol. The Morgan fingerprint density at radius 3 is 1.73 bits per heavy atom. The zero-order chi connectivity index (χ0) is 27.2. The molecule has 4 aromatic rings. The van der Waals surface area contributed by atoms with E-state index in [4.69, 9.17) is 0 Å². The number of para-hydroxylation sites is 1. The summed E-state index contributed by atoms with van der Waals surface area (Å²) >= 11 is 0. The molecule has 0 spiro atoms. The van der Waals surface area contributed by atoms with Crippen LogP contribution in [0.15, 0.2) is 72.8 Å². The summed E-state index contributed by atoms with van der Waals surface area (Å²) in [5, 5.41) is 1.06. The third kappa shape index (κ3) is 5.66. The van der Waals surface area contributed by atoms with Crippen molar-refractivity contribution in [1.82, 2.24) is 4.98 Å². The lowest BCUT2D eigenvalue weighted by atomic mass is 9.86. The second kappa shape index (κ2) is 9.52. The van der Waals surface area contributed by atoms with E-state index in [1.165, 1.54) is 11.1 Å². The lowest BCUT2D eigenvalue weighted by molar-refractivity contribution is -0.125. The Morgan fingerprint density at radius 2 is 1.22 bits per heavy atom. The van der Waals surface area contributed by atoms with Gasteiger partial charge in [0.25, 0.3) is 0 Å². The fourth-order valence-corrected chi connectivity index (χ4v) is 4.70. The highest BCUT2D eigenvalue weighted by atomic mass is 16.2. The van der Waals surface area contributed by atoms with Crippen LogP contribution in [0.1, 0.15) is 79.0 Å². The molecular weight excluding hydrogens is 452 g/mol. The molecule has 0 aliphatic rings. The Kier molecular flexibility index (Phi) is 6.88. The Hall–Kier alpha value is -3.33. The summed E-state index contributed by atoms with van der Waals surface area (Å²) in [4.78, 5) is 19.6. The third-order valence-electron chi connectivity index (χ3n) is 7.04. The smallest absolute Gasteiger partial charge is 0.232 e. The second-order valence-electron chi connectivity index (χ2n) is 13.3. The summed E-state index contributed by atoms with van der Waals surface area (Å²) in [5.41, 5.74) is 7.35. The van der Waals surface area contributed by atoms with E-state index in [2.05, 4.69) is 107 Å². The predicted molar refractivity (Wildman–Crippen MR) is 158 cm³/mol. The fourth-order valence-electron chi connectivity index (χ4n) is 4.70. The van der Waals surface area contributed by atoms with Gasteiger partial charge in [-0.25, -0.2) is 0 Å².